The van der Waals surface area contributed by atoms with E-state index in [0.29, 0.717) is 13.2 Å². The Balaban J connectivity index is 2.16. The minimum Gasteiger partial charge on any atom is -0.381 e. The van der Waals surface area contributed by atoms with E-state index in [4.69, 9.17) is 4.74 Å². The molecule has 4 heteroatoms. The first-order valence-electron chi connectivity index (χ1n) is 6.36. The Kier molecular flexibility index (Phi) is 8.00. The van der Waals surface area contributed by atoms with Gasteiger partial charge in [-0.15, -0.1) is 0 Å². The maximum Gasteiger partial charge on any atom is 0.252 e. The number of hydrogen-bond acceptors (Lipinski definition) is 2. The summed E-state index contributed by atoms with van der Waals surface area (Å²) in [5.41, 5.74) is 0.741. The van der Waals surface area contributed by atoms with Gasteiger partial charge in [-0.25, -0.2) is 0 Å². The number of carbonyl (C=O) groups excluding carboxylic acids is 1. The smallest absolute Gasteiger partial charge is 0.252 e. The van der Waals surface area contributed by atoms with Crippen LogP contribution in [0.5, 0.6) is 0 Å². The van der Waals surface area contributed by atoms with Gasteiger partial charge in [-0.3, -0.25) is 4.79 Å². The zero-order chi connectivity index (χ0) is 13.2. The van der Waals surface area contributed by atoms with E-state index in [2.05, 4.69) is 34.8 Å². The molecule has 1 aromatic carbocycles. The molecule has 0 aromatic heterocycles. The summed E-state index contributed by atoms with van der Waals surface area (Å²) in [5, 5.41) is 2.91. The molecular formula is C14H20INO2. The normalized spacial score (nSPS) is 10.3. The Labute approximate surface area is 122 Å². The van der Waals surface area contributed by atoms with E-state index < -0.39 is 0 Å². The molecule has 0 aliphatic carbocycles. The standard InChI is InChI=1S/C14H20INO2/c1-2-3-10-18-11-6-9-16-14(17)12-7-4-5-8-13(12)15/h4-5,7-8H,2-3,6,9-11H2,1H3,(H,16,17). The highest BCUT2D eigenvalue weighted by atomic mass is 127. The first-order valence-corrected chi connectivity index (χ1v) is 7.44. The van der Waals surface area contributed by atoms with E-state index in [1.165, 1.54) is 0 Å². The summed E-state index contributed by atoms with van der Waals surface area (Å²) in [6.07, 6.45) is 3.12. The highest BCUT2D eigenvalue weighted by Crippen LogP contribution is 2.10. The number of carbonyl (C=O) groups is 1. The Morgan fingerprint density at radius 3 is 2.72 bits per heavy atom. The van der Waals surface area contributed by atoms with Crippen molar-refractivity contribution in [1.82, 2.24) is 5.32 Å². The van der Waals surface area contributed by atoms with Crippen molar-refractivity contribution in [3.63, 3.8) is 0 Å². The summed E-state index contributed by atoms with van der Waals surface area (Å²) in [7, 11) is 0. The van der Waals surface area contributed by atoms with E-state index in [1.54, 1.807) is 0 Å². The van der Waals surface area contributed by atoms with E-state index >= 15 is 0 Å². The number of hydrogen-bond donors (Lipinski definition) is 1. The minimum atomic E-state index is -0.00596. The van der Waals surface area contributed by atoms with Crippen LogP contribution in [0, 0.1) is 3.57 Å². The lowest BCUT2D eigenvalue weighted by Crippen LogP contribution is -2.26. The molecule has 1 N–H and O–H groups in total. The van der Waals surface area contributed by atoms with Crippen LogP contribution >= 0.6 is 22.6 Å². The molecule has 0 saturated carbocycles. The van der Waals surface area contributed by atoms with Gasteiger partial charge < -0.3 is 10.1 Å². The number of halogens is 1. The van der Waals surface area contributed by atoms with Crippen LogP contribution in [-0.4, -0.2) is 25.7 Å². The number of rotatable bonds is 8. The van der Waals surface area contributed by atoms with Gasteiger partial charge >= 0.3 is 0 Å². The van der Waals surface area contributed by atoms with Gasteiger partial charge in [0.25, 0.3) is 5.91 Å². The van der Waals surface area contributed by atoms with Gasteiger partial charge in [0.15, 0.2) is 0 Å². The van der Waals surface area contributed by atoms with Gasteiger partial charge in [-0.05, 0) is 47.6 Å². The molecule has 1 amide bonds. The first kappa shape index (κ1) is 15.4. The van der Waals surface area contributed by atoms with Crippen molar-refractivity contribution in [2.45, 2.75) is 26.2 Å². The Hall–Kier alpha value is -0.620. The van der Waals surface area contributed by atoms with Crippen molar-refractivity contribution in [2.24, 2.45) is 0 Å². The van der Waals surface area contributed by atoms with Gasteiger partial charge in [0, 0.05) is 23.3 Å². The van der Waals surface area contributed by atoms with Crippen LogP contribution in [0.3, 0.4) is 0 Å². The second kappa shape index (κ2) is 9.33. The van der Waals surface area contributed by atoms with Gasteiger partial charge in [0.05, 0.1) is 5.56 Å². The van der Waals surface area contributed by atoms with Gasteiger partial charge in [0.2, 0.25) is 0 Å². The molecule has 0 atom stereocenters. The van der Waals surface area contributed by atoms with E-state index in [0.717, 1.165) is 35.0 Å². The van der Waals surface area contributed by atoms with Crippen molar-refractivity contribution >= 4 is 28.5 Å². The van der Waals surface area contributed by atoms with Crippen LogP contribution in [0.2, 0.25) is 0 Å². The second-order valence-electron chi connectivity index (χ2n) is 4.06. The average Bonchev–Trinajstić information content (AvgIpc) is 2.38. The van der Waals surface area contributed by atoms with Crippen LogP contribution in [0.1, 0.15) is 36.5 Å². The summed E-state index contributed by atoms with van der Waals surface area (Å²) in [6, 6.07) is 7.59. The van der Waals surface area contributed by atoms with Crippen LogP contribution < -0.4 is 5.32 Å². The molecule has 3 nitrogen and oxygen atoms in total. The lowest BCUT2D eigenvalue weighted by molar-refractivity contribution is 0.0939. The largest absolute Gasteiger partial charge is 0.381 e. The molecule has 1 aromatic rings. The number of benzene rings is 1. The van der Waals surface area contributed by atoms with Gasteiger partial charge in [-0.1, -0.05) is 25.5 Å². The predicted molar refractivity (Wildman–Crippen MR) is 81.8 cm³/mol. The molecular weight excluding hydrogens is 341 g/mol. The summed E-state index contributed by atoms with van der Waals surface area (Å²) in [5.74, 6) is -0.00596. The molecule has 0 bridgehead atoms. The topological polar surface area (TPSA) is 38.3 Å². The Morgan fingerprint density at radius 2 is 2.00 bits per heavy atom. The summed E-state index contributed by atoms with van der Waals surface area (Å²) in [6.45, 7) is 4.34. The quantitative estimate of drug-likeness (QED) is 0.570. The molecule has 0 heterocycles. The van der Waals surface area contributed by atoms with Crippen LogP contribution in [0.15, 0.2) is 24.3 Å². The van der Waals surface area contributed by atoms with Crippen molar-refractivity contribution < 1.29 is 9.53 Å². The van der Waals surface area contributed by atoms with Gasteiger partial charge in [-0.2, -0.15) is 0 Å². The van der Waals surface area contributed by atoms with Crippen molar-refractivity contribution in [3.8, 4) is 0 Å². The SMILES string of the molecule is CCCCOCCCNC(=O)c1ccccc1I. The Bertz CT molecular complexity index is 369. The molecule has 0 fully saturated rings. The second-order valence-corrected chi connectivity index (χ2v) is 5.22. The highest BCUT2D eigenvalue weighted by Gasteiger charge is 2.07. The van der Waals surface area contributed by atoms with Crippen molar-refractivity contribution in [3.05, 3.63) is 33.4 Å². The first-order chi connectivity index (χ1) is 8.75. The lowest BCUT2D eigenvalue weighted by atomic mass is 10.2. The molecule has 1 rings (SSSR count). The summed E-state index contributed by atoms with van der Waals surface area (Å²) in [4.78, 5) is 11.8. The van der Waals surface area contributed by atoms with Crippen LogP contribution in [-0.2, 0) is 4.74 Å². The third-order valence-corrected chi connectivity index (χ3v) is 3.45. The number of nitrogens with one attached hydrogen (secondary N) is 1. The van der Waals surface area contributed by atoms with Crippen molar-refractivity contribution in [2.75, 3.05) is 19.8 Å². The number of unbranched alkanes of at least 4 members (excludes halogenated alkanes) is 1. The molecule has 0 radical (unpaired) electrons. The predicted octanol–water partition coefficient (Wildman–Crippen LogP) is 3.23. The minimum absolute atomic E-state index is 0.00596. The fraction of sp³-hybridized carbons (Fsp3) is 0.500. The molecule has 0 aliphatic rings. The molecule has 0 spiro atoms. The molecule has 18 heavy (non-hydrogen) atoms. The molecule has 0 aliphatic heterocycles. The molecule has 0 saturated heterocycles. The zero-order valence-electron chi connectivity index (χ0n) is 10.7. The Morgan fingerprint density at radius 1 is 1.28 bits per heavy atom. The highest BCUT2D eigenvalue weighted by molar-refractivity contribution is 14.1. The van der Waals surface area contributed by atoms with Crippen LogP contribution in [0.4, 0.5) is 0 Å². The average molecular weight is 361 g/mol. The lowest BCUT2D eigenvalue weighted by Gasteiger charge is -2.07. The van der Waals surface area contributed by atoms with Crippen LogP contribution in [0.25, 0.3) is 0 Å². The van der Waals surface area contributed by atoms with E-state index in [1.807, 2.05) is 24.3 Å². The third-order valence-electron chi connectivity index (χ3n) is 2.51. The molecule has 100 valence electrons. The molecule has 0 unspecified atom stereocenters. The summed E-state index contributed by atoms with van der Waals surface area (Å²) < 4.78 is 6.41. The number of amides is 1. The fourth-order valence-electron chi connectivity index (χ4n) is 1.47. The van der Waals surface area contributed by atoms with Crippen molar-refractivity contribution in [1.29, 1.82) is 0 Å². The summed E-state index contributed by atoms with van der Waals surface area (Å²) >= 11 is 2.17. The van der Waals surface area contributed by atoms with E-state index in [-0.39, 0.29) is 5.91 Å². The monoisotopic (exact) mass is 361 g/mol. The maximum atomic E-state index is 11.8. The van der Waals surface area contributed by atoms with E-state index in [9.17, 15) is 4.79 Å². The fourth-order valence-corrected chi connectivity index (χ4v) is 2.10. The van der Waals surface area contributed by atoms with Gasteiger partial charge in [0.1, 0.15) is 0 Å². The zero-order valence-corrected chi connectivity index (χ0v) is 12.9. The third kappa shape index (κ3) is 5.82. The maximum absolute atomic E-state index is 11.8. The number of ether oxygens (including phenoxy) is 1.